The molecule has 0 radical (unpaired) electrons. The van der Waals surface area contributed by atoms with E-state index in [2.05, 4.69) is 0 Å². The van der Waals surface area contributed by atoms with Gasteiger partial charge in [0.15, 0.2) is 0 Å². The third-order valence-corrected chi connectivity index (χ3v) is 5.58. The number of likely N-dealkylation sites (tertiary alicyclic amines) is 1. The summed E-state index contributed by atoms with van der Waals surface area (Å²) in [6, 6.07) is 0. The molecule has 4 rings (SSSR count). The second kappa shape index (κ2) is 4.87. The number of piperidine rings is 1. The van der Waals surface area contributed by atoms with Crippen molar-refractivity contribution in [1.29, 1.82) is 0 Å². The van der Waals surface area contributed by atoms with E-state index in [0.717, 1.165) is 51.6 Å². The van der Waals surface area contributed by atoms with Gasteiger partial charge in [-0.15, -0.1) is 0 Å². The number of aliphatic carboxylic acids is 1. The molecule has 5 nitrogen and oxygen atoms in total. The van der Waals surface area contributed by atoms with Crippen molar-refractivity contribution < 1.29 is 19.4 Å². The Morgan fingerprint density at radius 3 is 2.18 bits per heavy atom. The van der Waals surface area contributed by atoms with Crippen molar-refractivity contribution in [3.63, 3.8) is 0 Å². The molecular weight excluding hydrogens is 282 g/mol. The van der Waals surface area contributed by atoms with Gasteiger partial charge in [0.2, 0.25) is 0 Å². The van der Waals surface area contributed by atoms with Crippen LogP contribution in [0.1, 0.15) is 59.3 Å². The molecular formula is C17H27NO4. The number of nitrogens with zero attached hydrogens (tertiary/aromatic N) is 1. The summed E-state index contributed by atoms with van der Waals surface area (Å²) in [5, 5.41) is 9.18. The number of carbonyl (C=O) groups is 2. The third-order valence-electron chi connectivity index (χ3n) is 5.58. The lowest BCUT2D eigenvalue weighted by Crippen LogP contribution is -2.65. The minimum atomic E-state index is -0.603. The van der Waals surface area contributed by atoms with Crippen LogP contribution < -0.4 is 0 Å². The number of hydrogen-bond donors (Lipinski definition) is 1. The molecule has 124 valence electrons. The minimum Gasteiger partial charge on any atom is -0.481 e. The molecule has 2 bridgehead atoms. The minimum absolute atomic E-state index is 0.207. The predicted molar refractivity (Wildman–Crippen MR) is 81.5 cm³/mol. The Morgan fingerprint density at radius 2 is 1.73 bits per heavy atom. The smallest absolute Gasteiger partial charge is 0.410 e. The highest BCUT2D eigenvalue weighted by Crippen LogP contribution is 2.75. The summed E-state index contributed by atoms with van der Waals surface area (Å²) in [6.07, 6.45) is 5.60. The maximum atomic E-state index is 12.0. The Balaban J connectivity index is 1.42. The zero-order valence-corrected chi connectivity index (χ0v) is 13.9. The van der Waals surface area contributed by atoms with Crippen LogP contribution in [0.15, 0.2) is 0 Å². The van der Waals surface area contributed by atoms with Gasteiger partial charge >= 0.3 is 12.1 Å². The second-order valence-corrected chi connectivity index (χ2v) is 8.73. The Bertz CT molecular complexity index is 466. The van der Waals surface area contributed by atoms with Crippen LogP contribution in [0.25, 0.3) is 0 Å². The highest BCUT2D eigenvalue weighted by atomic mass is 16.6. The average Bonchev–Trinajstić information content (AvgIpc) is 2.30. The van der Waals surface area contributed by atoms with Crippen LogP contribution in [0.2, 0.25) is 0 Å². The first-order valence-corrected chi connectivity index (χ1v) is 8.35. The number of hydrogen-bond acceptors (Lipinski definition) is 3. The van der Waals surface area contributed by atoms with Crippen LogP contribution >= 0.6 is 0 Å². The van der Waals surface area contributed by atoms with E-state index in [4.69, 9.17) is 4.74 Å². The molecule has 1 amide bonds. The SMILES string of the molecule is CC(C)(C)OC(=O)N1CCC(CC23CC(C(=O)O)(C2)C3)CC1. The molecule has 5 heteroatoms. The zero-order valence-electron chi connectivity index (χ0n) is 13.9. The van der Waals surface area contributed by atoms with Gasteiger partial charge in [0.25, 0.3) is 0 Å². The van der Waals surface area contributed by atoms with Crippen LogP contribution in [0.5, 0.6) is 0 Å². The summed E-state index contributed by atoms with van der Waals surface area (Å²) in [5.74, 6) is 0.0277. The Hall–Kier alpha value is -1.26. The molecule has 4 fully saturated rings. The van der Waals surface area contributed by atoms with Gasteiger partial charge in [-0.1, -0.05) is 0 Å². The molecule has 4 aliphatic rings. The number of carbonyl (C=O) groups excluding carboxylic acids is 1. The van der Waals surface area contributed by atoms with Gasteiger partial charge in [0.1, 0.15) is 5.60 Å². The van der Waals surface area contributed by atoms with E-state index in [9.17, 15) is 14.7 Å². The molecule has 0 atom stereocenters. The third kappa shape index (κ3) is 2.70. The van der Waals surface area contributed by atoms with Crippen molar-refractivity contribution in [3.05, 3.63) is 0 Å². The van der Waals surface area contributed by atoms with Crippen molar-refractivity contribution in [3.8, 4) is 0 Å². The van der Waals surface area contributed by atoms with E-state index in [0.29, 0.717) is 11.3 Å². The molecule has 22 heavy (non-hydrogen) atoms. The molecule has 3 aliphatic carbocycles. The summed E-state index contributed by atoms with van der Waals surface area (Å²) in [4.78, 5) is 25.0. The standard InChI is InChI=1S/C17H27NO4/c1-15(2,3)22-14(21)18-6-4-12(5-7-18)8-16-9-17(10-16,11-16)13(19)20/h12H,4-11H2,1-3H3,(H,19,20). The molecule has 0 aromatic rings. The first-order chi connectivity index (χ1) is 10.1. The summed E-state index contributed by atoms with van der Waals surface area (Å²) >= 11 is 0. The lowest BCUT2D eigenvalue weighted by Gasteiger charge is -2.69. The van der Waals surface area contributed by atoms with Crippen molar-refractivity contribution in [2.24, 2.45) is 16.7 Å². The van der Waals surface area contributed by atoms with E-state index in [1.807, 2.05) is 25.7 Å². The molecule has 1 saturated heterocycles. The largest absolute Gasteiger partial charge is 0.481 e. The monoisotopic (exact) mass is 309 g/mol. The number of ether oxygens (including phenoxy) is 1. The number of carboxylic acids is 1. The maximum Gasteiger partial charge on any atom is 0.410 e. The second-order valence-electron chi connectivity index (χ2n) is 8.73. The van der Waals surface area contributed by atoms with E-state index >= 15 is 0 Å². The van der Waals surface area contributed by atoms with Crippen molar-refractivity contribution in [2.45, 2.75) is 64.9 Å². The van der Waals surface area contributed by atoms with Crippen LogP contribution in [-0.4, -0.2) is 40.8 Å². The number of carboxylic acid groups (broad SMARTS) is 1. The van der Waals surface area contributed by atoms with Crippen LogP contribution in [-0.2, 0) is 9.53 Å². The first-order valence-electron chi connectivity index (χ1n) is 8.35. The van der Waals surface area contributed by atoms with E-state index in [1.54, 1.807) is 0 Å². The number of rotatable bonds is 3. The van der Waals surface area contributed by atoms with Crippen LogP contribution in [0.3, 0.4) is 0 Å². The fourth-order valence-corrected chi connectivity index (χ4v) is 4.70. The average molecular weight is 309 g/mol. The summed E-state index contributed by atoms with van der Waals surface area (Å²) < 4.78 is 5.41. The van der Waals surface area contributed by atoms with E-state index in [-0.39, 0.29) is 11.5 Å². The van der Waals surface area contributed by atoms with Gasteiger partial charge in [-0.3, -0.25) is 4.79 Å². The zero-order chi connectivity index (χ0) is 16.2. The normalized spacial score (nSPS) is 34.6. The quantitative estimate of drug-likeness (QED) is 0.869. The maximum absolute atomic E-state index is 12.0. The molecule has 1 N–H and O–H groups in total. The molecule has 0 aromatic carbocycles. The molecule has 3 saturated carbocycles. The molecule has 0 spiro atoms. The van der Waals surface area contributed by atoms with E-state index in [1.165, 1.54) is 0 Å². The summed E-state index contributed by atoms with van der Waals surface area (Å²) in [7, 11) is 0. The highest BCUT2D eigenvalue weighted by molar-refractivity contribution is 5.79. The topological polar surface area (TPSA) is 66.8 Å². The molecule has 0 unspecified atom stereocenters. The van der Waals surface area contributed by atoms with Crippen LogP contribution in [0, 0.1) is 16.7 Å². The number of amides is 1. The summed E-state index contributed by atoms with van der Waals surface area (Å²) in [6.45, 7) is 7.19. The lowest BCUT2D eigenvalue weighted by molar-refractivity contribution is -0.229. The van der Waals surface area contributed by atoms with Crippen molar-refractivity contribution in [1.82, 2.24) is 4.90 Å². The Kier molecular flexibility index (Phi) is 3.46. The van der Waals surface area contributed by atoms with Crippen molar-refractivity contribution in [2.75, 3.05) is 13.1 Å². The van der Waals surface area contributed by atoms with E-state index < -0.39 is 11.6 Å². The Morgan fingerprint density at radius 1 is 1.18 bits per heavy atom. The van der Waals surface area contributed by atoms with Gasteiger partial charge in [0, 0.05) is 13.1 Å². The fraction of sp³-hybridized carbons (Fsp3) is 0.882. The summed E-state index contributed by atoms with van der Waals surface area (Å²) in [5.41, 5.74) is -0.487. The molecule has 1 aliphatic heterocycles. The van der Waals surface area contributed by atoms with Gasteiger partial charge < -0.3 is 14.7 Å². The van der Waals surface area contributed by atoms with Crippen LogP contribution in [0.4, 0.5) is 4.79 Å². The van der Waals surface area contributed by atoms with Gasteiger partial charge in [-0.25, -0.2) is 4.79 Å². The van der Waals surface area contributed by atoms with Gasteiger partial charge in [-0.05, 0) is 70.6 Å². The molecule has 1 heterocycles. The van der Waals surface area contributed by atoms with Gasteiger partial charge in [0.05, 0.1) is 5.41 Å². The Labute approximate surface area is 132 Å². The molecule has 0 aromatic heterocycles. The predicted octanol–water partition coefficient (Wildman–Crippen LogP) is 3.28. The lowest BCUT2D eigenvalue weighted by atomic mass is 9.33. The highest BCUT2D eigenvalue weighted by Gasteiger charge is 2.71. The van der Waals surface area contributed by atoms with Crippen molar-refractivity contribution >= 4 is 12.1 Å². The first kappa shape index (κ1) is 15.6. The fourth-order valence-electron chi connectivity index (χ4n) is 4.70. The van der Waals surface area contributed by atoms with Gasteiger partial charge in [-0.2, -0.15) is 0 Å².